The van der Waals surface area contributed by atoms with Crippen molar-refractivity contribution in [2.45, 2.75) is 0 Å². The molecule has 0 atom stereocenters. The number of phenolic OH excluding ortho intramolecular Hbond substituents is 1. The topological polar surface area (TPSA) is 57.6 Å². The van der Waals surface area contributed by atoms with Gasteiger partial charge in [0.2, 0.25) is 0 Å². The van der Waals surface area contributed by atoms with Crippen LogP contribution in [0, 0.1) is 0 Å². The van der Waals surface area contributed by atoms with Crippen LogP contribution in [0.15, 0.2) is 41.3 Å². The maximum absolute atomic E-state index is 12.6. The number of para-hydroxylation sites is 1. The quantitative estimate of drug-likeness (QED) is 0.667. The van der Waals surface area contributed by atoms with Gasteiger partial charge in [-0.2, -0.15) is 0 Å². The zero-order chi connectivity index (χ0) is 17.4. The average molecular weight is 401 g/mol. The summed E-state index contributed by atoms with van der Waals surface area (Å²) in [6.45, 7) is 0. The first-order valence-corrected chi connectivity index (χ1v) is 8.54. The predicted molar refractivity (Wildman–Crippen MR) is 98.0 cm³/mol. The van der Waals surface area contributed by atoms with E-state index in [1.54, 1.807) is 24.3 Å². The van der Waals surface area contributed by atoms with E-state index in [4.69, 9.17) is 34.8 Å². The number of imide groups is 1. The molecule has 3 rings (SSSR count). The molecular weight excluding hydrogens is 393 g/mol. The molecule has 1 aliphatic heterocycles. The molecule has 2 aromatic carbocycles. The van der Waals surface area contributed by atoms with Crippen molar-refractivity contribution in [2.75, 3.05) is 4.90 Å². The number of nitrogens with zero attached hydrogens (tertiary/aromatic N) is 1. The van der Waals surface area contributed by atoms with Crippen LogP contribution in [0.4, 0.5) is 10.5 Å². The van der Waals surface area contributed by atoms with Crippen molar-refractivity contribution < 1.29 is 14.7 Å². The highest BCUT2D eigenvalue weighted by Gasteiger charge is 2.37. The third-order valence-corrected chi connectivity index (χ3v) is 4.99. The lowest BCUT2D eigenvalue weighted by atomic mass is 10.2. The number of benzene rings is 2. The van der Waals surface area contributed by atoms with Gasteiger partial charge in [-0.3, -0.25) is 9.59 Å². The smallest absolute Gasteiger partial charge is 0.298 e. The van der Waals surface area contributed by atoms with Gasteiger partial charge in [-0.15, -0.1) is 0 Å². The Hall–Kier alpha value is -1.66. The van der Waals surface area contributed by atoms with Gasteiger partial charge in [-0.05, 0) is 47.7 Å². The minimum atomic E-state index is -0.488. The zero-order valence-corrected chi connectivity index (χ0v) is 14.9. The molecule has 1 saturated heterocycles. The standard InChI is InChI=1S/C16H8Cl3NO3S/c17-9-3-1-2-4-12(9)20-15(22)13(24-16(20)23)7-8-5-10(18)14(21)11(19)6-8/h1-7,21H. The lowest BCUT2D eigenvalue weighted by Crippen LogP contribution is -2.27. The van der Waals surface area contributed by atoms with Crippen LogP contribution in [0.3, 0.4) is 0 Å². The van der Waals surface area contributed by atoms with Crippen molar-refractivity contribution in [3.63, 3.8) is 0 Å². The van der Waals surface area contributed by atoms with Crippen LogP contribution in [0.25, 0.3) is 6.08 Å². The summed E-state index contributed by atoms with van der Waals surface area (Å²) in [5.41, 5.74) is 0.819. The molecule has 0 aliphatic carbocycles. The normalized spacial score (nSPS) is 16.3. The molecule has 1 N–H and O–H groups in total. The molecule has 0 radical (unpaired) electrons. The number of carbonyl (C=O) groups excluding carboxylic acids is 2. The van der Waals surface area contributed by atoms with Gasteiger partial charge >= 0.3 is 0 Å². The summed E-state index contributed by atoms with van der Waals surface area (Å²) < 4.78 is 0. The van der Waals surface area contributed by atoms with Crippen molar-refractivity contribution in [1.29, 1.82) is 0 Å². The minimum Gasteiger partial charge on any atom is -0.505 e. The van der Waals surface area contributed by atoms with Crippen molar-refractivity contribution >= 4 is 69.5 Å². The summed E-state index contributed by atoms with van der Waals surface area (Å²) in [4.78, 5) is 26.0. The maximum atomic E-state index is 12.6. The fourth-order valence-electron chi connectivity index (χ4n) is 2.13. The van der Waals surface area contributed by atoms with E-state index >= 15 is 0 Å². The molecule has 1 fully saturated rings. The summed E-state index contributed by atoms with van der Waals surface area (Å²) in [6.07, 6.45) is 1.49. The van der Waals surface area contributed by atoms with E-state index in [9.17, 15) is 14.7 Å². The third kappa shape index (κ3) is 3.13. The van der Waals surface area contributed by atoms with Gasteiger partial charge < -0.3 is 5.11 Å². The lowest BCUT2D eigenvalue weighted by Gasteiger charge is -2.13. The molecule has 8 heteroatoms. The number of hydrogen-bond acceptors (Lipinski definition) is 4. The molecule has 0 saturated carbocycles. The highest BCUT2D eigenvalue weighted by atomic mass is 35.5. The molecule has 0 spiro atoms. The zero-order valence-electron chi connectivity index (χ0n) is 11.8. The molecule has 2 aromatic rings. The molecule has 24 heavy (non-hydrogen) atoms. The monoisotopic (exact) mass is 399 g/mol. The molecule has 2 amide bonds. The number of halogens is 3. The van der Waals surface area contributed by atoms with Gasteiger partial charge in [0, 0.05) is 0 Å². The van der Waals surface area contributed by atoms with Crippen LogP contribution in [0.5, 0.6) is 5.75 Å². The number of rotatable bonds is 2. The first-order chi connectivity index (χ1) is 11.4. The second-order valence-corrected chi connectivity index (χ2v) is 7.02. The fraction of sp³-hybridized carbons (Fsp3) is 0. The number of hydrogen-bond donors (Lipinski definition) is 1. The first kappa shape index (κ1) is 17.2. The number of phenols is 1. The van der Waals surface area contributed by atoms with Crippen LogP contribution in [-0.4, -0.2) is 16.3 Å². The van der Waals surface area contributed by atoms with Crippen LogP contribution in [0.1, 0.15) is 5.56 Å². The molecule has 1 heterocycles. The Balaban J connectivity index is 1.99. The van der Waals surface area contributed by atoms with Gasteiger partial charge in [0.15, 0.2) is 5.75 Å². The van der Waals surface area contributed by atoms with Gasteiger partial charge in [0.05, 0.1) is 25.7 Å². The molecule has 122 valence electrons. The number of thioether (sulfide) groups is 1. The van der Waals surface area contributed by atoms with E-state index in [1.165, 1.54) is 18.2 Å². The van der Waals surface area contributed by atoms with E-state index in [-0.39, 0.29) is 20.7 Å². The second kappa shape index (κ2) is 6.69. The van der Waals surface area contributed by atoms with Crippen molar-refractivity contribution in [1.82, 2.24) is 0 Å². The van der Waals surface area contributed by atoms with Crippen molar-refractivity contribution in [2.24, 2.45) is 0 Å². The van der Waals surface area contributed by atoms with E-state index < -0.39 is 11.1 Å². The number of anilines is 1. The fourth-order valence-corrected chi connectivity index (χ4v) is 3.69. The van der Waals surface area contributed by atoms with Gasteiger partial charge in [-0.25, -0.2) is 4.90 Å². The van der Waals surface area contributed by atoms with Gasteiger partial charge in [-0.1, -0.05) is 46.9 Å². The first-order valence-electron chi connectivity index (χ1n) is 6.59. The van der Waals surface area contributed by atoms with Crippen LogP contribution < -0.4 is 4.90 Å². The Kier molecular flexibility index (Phi) is 4.78. The van der Waals surface area contributed by atoms with E-state index in [2.05, 4.69) is 0 Å². The largest absolute Gasteiger partial charge is 0.505 e. The Morgan fingerprint density at radius 2 is 1.62 bits per heavy atom. The molecule has 0 aromatic heterocycles. The van der Waals surface area contributed by atoms with E-state index in [0.29, 0.717) is 16.3 Å². The Morgan fingerprint density at radius 3 is 2.25 bits per heavy atom. The Morgan fingerprint density at radius 1 is 1.00 bits per heavy atom. The molecule has 4 nitrogen and oxygen atoms in total. The highest BCUT2D eigenvalue weighted by Crippen LogP contribution is 2.39. The summed E-state index contributed by atoms with van der Waals surface area (Å²) in [7, 11) is 0. The molecule has 0 bridgehead atoms. The molecule has 1 aliphatic rings. The van der Waals surface area contributed by atoms with Crippen molar-refractivity contribution in [3.8, 4) is 5.75 Å². The van der Waals surface area contributed by atoms with Gasteiger partial charge in [0.1, 0.15) is 0 Å². The van der Waals surface area contributed by atoms with Crippen LogP contribution in [0.2, 0.25) is 15.1 Å². The number of aromatic hydroxyl groups is 1. The van der Waals surface area contributed by atoms with Crippen molar-refractivity contribution in [3.05, 3.63) is 61.9 Å². The summed E-state index contributed by atoms with van der Waals surface area (Å²) in [6, 6.07) is 9.49. The molecular formula is C16H8Cl3NO3S. The van der Waals surface area contributed by atoms with Crippen LogP contribution in [-0.2, 0) is 4.79 Å². The Bertz CT molecular complexity index is 875. The summed E-state index contributed by atoms with van der Waals surface area (Å²) >= 11 is 18.6. The molecule has 0 unspecified atom stereocenters. The summed E-state index contributed by atoms with van der Waals surface area (Å²) in [5, 5.41) is 9.54. The second-order valence-electron chi connectivity index (χ2n) is 4.80. The van der Waals surface area contributed by atoms with E-state index in [0.717, 1.165) is 16.7 Å². The third-order valence-electron chi connectivity index (χ3n) is 3.22. The van der Waals surface area contributed by atoms with Gasteiger partial charge in [0.25, 0.3) is 11.1 Å². The maximum Gasteiger partial charge on any atom is 0.298 e. The lowest BCUT2D eigenvalue weighted by molar-refractivity contribution is -0.113. The van der Waals surface area contributed by atoms with E-state index in [1.807, 2.05) is 0 Å². The van der Waals surface area contributed by atoms with Crippen LogP contribution >= 0.6 is 46.6 Å². The predicted octanol–water partition coefficient (Wildman–Crippen LogP) is 5.59. The number of amides is 2. The number of carbonyl (C=O) groups is 2. The highest BCUT2D eigenvalue weighted by molar-refractivity contribution is 8.19. The Labute approximate surface area is 156 Å². The average Bonchev–Trinajstić information content (AvgIpc) is 2.80. The summed E-state index contributed by atoms with van der Waals surface area (Å²) in [5.74, 6) is -0.724. The SMILES string of the molecule is O=C1SC(=Cc2cc(Cl)c(O)c(Cl)c2)C(=O)N1c1ccccc1Cl. The minimum absolute atomic E-state index is 0.0547.